The summed E-state index contributed by atoms with van der Waals surface area (Å²) in [6.07, 6.45) is 9.02. The summed E-state index contributed by atoms with van der Waals surface area (Å²) in [5.74, 6) is 1.26. The Kier molecular flexibility index (Phi) is 5.06. The first-order chi connectivity index (χ1) is 13.1. The van der Waals surface area contributed by atoms with Crippen molar-refractivity contribution >= 4 is 40.7 Å². The molecule has 0 bridgehead atoms. The third kappa shape index (κ3) is 3.42. The topological polar surface area (TPSA) is 50.5 Å². The van der Waals surface area contributed by atoms with E-state index in [1.165, 1.54) is 6.42 Å². The van der Waals surface area contributed by atoms with Crippen LogP contribution in [0.2, 0.25) is 10.0 Å². The van der Waals surface area contributed by atoms with E-state index in [9.17, 15) is 4.79 Å². The Hall–Kier alpha value is -2.11. The normalized spacial score (nSPS) is 15.2. The van der Waals surface area contributed by atoms with Gasteiger partial charge in [-0.15, -0.1) is 0 Å². The van der Waals surface area contributed by atoms with Crippen molar-refractivity contribution in [1.29, 1.82) is 0 Å². The van der Waals surface area contributed by atoms with E-state index in [1.54, 1.807) is 25.3 Å². The highest BCUT2D eigenvalue weighted by molar-refractivity contribution is 6.36. The van der Waals surface area contributed by atoms with Gasteiger partial charge in [-0.1, -0.05) is 42.5 Å². The van der Waals surface area contributed by atoms with Crippen molar-refractivity contribution in [2.45, 2.75) is 45.1 Å². The van der Waals surface area contributed by atoms with Gasteiger partial charge in [0.25, 0.3) is 0 Å². The molecule has 0 unspecified atom stereocenters. The van der Waals surface area contributed by atoms with Gasteiger partial charge < -0.3 is 0 Å². The molecule has 0 radical (unpaired) electrons. The minimum absolute atomic E-state index is 0.00103. The van der Waals surface area contributed by atoms with Crippen LogP contribution in [0.25, 0.3) is 17.0 Å². The van der Waals surface area contributed by atoms with Crippen LogP contribution in [0.4, 0.5) is 5.82 Å². The quantitative estimate of drug-likeness (QED) is 0.589. The van der Waals surface area contributed by atoms with Gasteiger partial charge in [0.15, 0.2) is 0 Å². The summed E-state index contributed by atoms with van der Waals surface area (Å²) in [6.45, 7) is 1.61. The van der Waals surface area contributed by atoms with Crippen LogP contribution in [0, 0.1) is 0 Å². The summed E-state index contributed by atoms with van der Waals surface area (Å²) >= 11 is 12.5. The Balaban J connectivity index is 1.95. The minimum atomic E-state index is -0.00103. The van der Waals surface area contributed by atoms with Crippen LogP contribution in [0.5, 0.6) is 0 Å². The Morgan fingerprint density at radius 2 is 2.00 bits per heavy atom. The molecule has 5 nitrogen and oxygen atoms in total. The molecular weight excluding hydrogens is 383 g/mol. The standard InChI is InChI=1S/C20H20Cl2N4O/c1-13(27)26(15-6-3-2-4-7-15)19-18(16-9-8-14(21)12-17(16)22)24-20-23-10-5-11-25(19)20/h5,8-12,15H,2-4,6-7H2,1H3. The number of anilines is 1. The van der Waals surface area contributed by atoms with Gasteiger partial charge >= 0.3 is 0 Å². The number of nitrogens with zero attached hydrogens (tertiary/aromatic N) is 4. The van der Waals surface area contributed by atoms with E-state index in [2.05, 4.69) is 4.98 Å². The van der Waals surface area contributed by atoms with Crippen molar-refractivity contribution in [3.8, 4) is 11.3 Å². The Morgan fingerprint density at radius 1 is 1.22 bits per heavy atom. The molecule has 1 amide bonds. The fourth-order valence-corrected chi connectivity index (χ4v) is 4.38. The second-order valence-corrected chi connectivity index (χ2v) is 7.72. The lowest BCUT2D eigenvalue weighted by atomic mass is 9.94. The molecule has 0 atom stereocenters. The molecule has 27 heavy (non-hydrogen) atoms. The van der Waals surface area contributed by atoms with E-state index < -0.39 is 0 Å². The lowest BCUT2D eigenvalue weighted by Crippen LogP contribution is -2.41. The summed E-state index contributed by atoms with van der Waals surface area (Å²) in [4.78, 5) is 23.7. The highest BCUT2D eigenvalue weighted by Gasteiger charge is 2.31. The SMILES string of the molecule is CC(=O)N(c1c(-c2ccc(Cl)cc2Cl)nc2ncccn12)C1CCCCC1. The predicted octanol–water partition coefficient (Wildman–Crippen LogP) is 5.39. The third-order valence-electron chi connectivity index (χ3n) is 5.07. The molecule has 0 N–H and O–H groups in total. The first kappa shape index (κ1) is 18.3. The van der Waals surface area contributed by atoms with Crippen molar-refractivity contribution in [3.63, 3.8) is 0 Å². The molecule has 1 aromatic carbocycles. The maximum Gasteiger partial charge on any atom is 0.235 e. The number of rotatable bonds is 3. The number of hydrogen-bond acceptors (Lipinski definition) is 3. The third-order valence-corrected chi connectivity index (χ3v) is 5.62. The molecule has 0 spiro atoms. The number of carbonyl (C=O) groups excluding carboxylic acids is 1. The zero-order valence-corrected chi connectivity index (χ0v) is 16.5. The summed E-state index contributed by atoms with van der Waals surface area (Å²) in [5, 5.41) is 1.06. The number of imidazole rings is 1. The lowest BCUT2D eigenvalue weighted by molar-refractivity contribution is -0.117. The maximum absolute atomic E-state index is 12.7. The number of halogens is 2. The number of aromatic nitrogens is 3. The van der Waals surface area contributed by atoms with Crippen LogP contribution in [0.15, 0.2) is 36.7 Å². The smallest absolute Gasteiger partial charge is 0.235 e. The van der Waals surface area contributed by atoms with Crippen molar-refractivity contribution < 1.29 is 4.79 Å². The average molecular weight is 403 g/mol. The first-order valence-electron chi connectivity index (χ1n) is 9.14. The highest BCUT2D eigenvalue weighted by atomic mass is 35.5. The number of fused-ring (bicyclic) bond motifs is 1. The van der Waals surface area contributed by atoms with Gasteiger partial charge in [0.1, 0.15) is 11.5 Å². The van der Waals surface area contributed by atoms with Gasteiger partial charge in [-0.3, -0.25) is 14.1 Å². The van der Waals surface area contributed by atoms with Gasteiger partial charge in [0.2, 0.25) is 11.7 Å². The van der Waals surface area contributed by atoms with Crippen molar-refractivity contribution in [3.05, 3.63) is 46.7 Å². The maximum atomic E-state index is 12.7. The highest BCUT2D eigenvalue weighted by Crippen LogP contribution is 2.39. The number of benzene rings is 1. The van der Waals surface area contributed by atoms with Crippen LogP contribution in [-0.4, -0.2) is 26.3 Å². The summed E-state index contributed by atoms with van der Waals surface area (Å²) in [6, 6.07) is 7.31. The predicted molar refractivity (Wildman–Crippen MR) is 108 cm³/mol. The summed E-state index contributed by atoms with van der Waals surface area (Å²) in [5.41, 5.74) is 1.39. The van der Waals surface area contributed by atoms with E-state index in [0.29, 0.717) is 21.5 Å². The molecular formula is C20H20Cl2N4O. The monoisotopic (exact) mass is 402 g/mol. The molecule has 1 fully saturated rings. The fraction of sp³-hybridized carbons (Fsp3) is 0.350. The molecule has 140 valence electrons. The molecule has 2 heterocycles. The second kappa shape index (κ2) is 7.49. The van der Waals surface area contributed by atoms with E-state index in [0.717, 1.165) is 37.1 Å². The van der Waals surface area contributed by atoms with Crippen molar-refractivity contribution in [2.75, 3.05) is 4.90 Å². The van der Waals surface area contributed by atoms with Gasteiger partial charge in [0, 0.05) is 35.9 Å². The molecule has 1 aliphatic carbocycles. The molecule has 1 saturated carbocycles. The van der Waals surface area contributed by atoms with Gasteiger partial charge in [-0.25, -0.2) is 9.97 Å². The molecule has 2 aromatic heterocycles. The zero-order chi connectivity index (χ0) is 19.0. The van der Waals surface area contributed by atoms with Crippen LogP contribution < -0.4 is 4.90 Å². The van der Waals surface area contributed by atoms with Crippen LogP contribution >= 0.6 is 23.2 Å². The number of amides is 1. The molecule has 0 aliphatic heterocycles. The summed E-state index contributed by atoms with van der Waals surface area (Å²) in [7, 11) is 0. The Labute approximate surface area is 167 Å². The molecule has 7 heteroatoms. The van der Waals surface area contributed by atoms with Crippen LogP contribution in [0.3, 0.4) is 0 Å². The first-order valence-corrected chi connectivity index (χ1v) is 9.90. The molecule has 1 aliphatic rings. The van der Waals surface area contributed by atoms with E-state index in [-0.39, 0.29) is 11.9 Å². The molecule has 3 aromatic rings. The van der Waals surface area contributed by atoms with E-state index >= 15 is 0 Å². The zero-order valence-electron chi connectivity index (χ0n) is 15.0. The minimum Gasteiger partial charge on any atom is -0.293 e. The Bertz CT molecular complexity index is 995. The van der Waals surface area contributed by atoms with Crippen molar-refractivity contribution in [1.82, 2.24) is 14.4 Å². The average Bonchev–Trinajstić information content (AvgIpc) is 3.02. The van der Waals surface area contributed by atoms with Crippen LogP contribution in [0.1, 0.15) is 39.0 Å². The largest absolute Gasteiger partial charge is 0.293 e. The van der Waals surface area contributed by atoms with Gasteiger partial charge in [-0.2, -0.15) is 0 Å². The summed E-state index contributed by atoms with van der Waals surface area (Å²) < 4.78 is 1.87. The second-order valence-electron chi connectivity index (χ2n) is 6.88. The Morgan fingerprint density at radius 3 is 2.70 bits per heavy atom. The van der Waals surface area contributed by atoms with Gasteiger partial charge in [0.05, 0.1) is 5.02 Å². The van der Waals surface area contributed by atoms with E-state index in [4.69, 9.17) is 28.2 Å². The van der Waals surface area contributed by atoms with Crippen LogP contribution in [-0.2, 0) is 4.79 Å². The van der Waals surface area contributed by atoms with E-state index in [1.807, 2.05) is 27.6 Å². The molecule has 0 saturated heterocycles. The lowest BCUT2D eigenvalue weighted by Gasteiger charge is -2.33. The van der Waals surface area contributed by atoms with Crippen molar-refractivity contribution in [2.24, 2.45) is 0 Å². The number of carbonyl (C=O) groups is 1. The van der Waals surface area contributed by atoms with Gasteiger partial charge in [-0.05, 0) is 37.1 Å². The number of hydrogen-bond donors (Lipinski definition) is 0. The fourth-order valence-electron chi connectivity index (χ4n) is 3.89. The molecule has 4 rings (SSSR count).